The molecule has 2 aromatic carbocycles. The Morgan fingerprint density at radius 3 is 1.43 bits per heavy atom. The van der Waals surface area contributed by atoms with E-state index in [1.54, 1.807) is 36.4 Å². The van der Waals surface area contributed by atoms with E-state index in [1.807, 2.05) is 0 Å². The Hall–Kier alpha value is -0.284. The van der Waals surface area contributed by atoms with E-state index in [1.165, 1.54) is 33.7 Å². The summed E-state index contributed by atoms with van der Waals surface area (Å²) < 4.78 is 0. The molecule has 2 N–H and O–H groups in total. The van der Waals surface area contributed by atoms with Crippen molar-refractivity contribution < 1.29 is 72.6 Å². The van der Waals surface area contributed by atoms with Crippen molar-refractivity contribution in [2.75, 3.05) is 0 Å². The van der Waals surface area contributed by atoms with Crippen molar-refractivity contribution in [3.8, 4) is 0 Å². The van der Waals surface area contributed by atoms with E-state index in [0.717, 1.165) is 0 Å². The molecular formula is C14H11KO4S2. The smallest absolute Gasteiger partial charge is 1.00 e. The van der Waals surface area contributed by atoms with Crippen molar-refractivity contribution >= 4 is 33.5 Å². The largest absolute Gasteiger partial charge is 1.00 e. The molecule has 0 radical (unpaired) electrons. The monoisotopic (exact) mass is 346 g/mol. The molecule has 0 spiro atoms. The molecule has 0 saturated carbocycles. The van der Waals surface area contributed by atoms with Crippen molar-refractivity contribution in [2.45, 2.75) is 9.79 Å². The molecule has 104 valence electrons. The third-order valence-electron chi connectivity index (χ3n) is 2.46. The molecule has 4 nitrogen and oxygen atoms in total. The molecule has 0 unspecified atom stereocenters. The Morgan fingerprint density at radius 2 is 1.10 bits per heavy atom. The Labute approximate surface area is 173 Å². The topological polar surface area (TPSA) is 74.6 Å². The number of carboxylic acids is 2. The minimum atomic E-state index is -1.000. The van der Waals surface area contributed by atoms with Gasteiger partial charge in [-0.3, -0.25) is 0 Å². The maximum Gasteiger partial charge on any atom is 1.00 e. The summed E-state index contributed by atoms with van der Waals surface area (Å²) in [6.45, 7) is 0. The molecule has 0 fully saturated rings. The zero-order valence-corrected chi connectivity index (χ0v) is 15.9. The first-order valence-electron chi connectivity index (χ1n) is 5.59. The van der Waals surface area contributed by atoms with Crippen LogP contribution in [0.15, 0.2) is 58.3 Å². The van der Waals surface area contributed by atoms with Crippen molar-refractivity contribution in [1.29, 1.82) is 0 Å². The van der Waals surface area contributed by atoms with Crippen LogP contribution < -0.4 is 51.4 Å². The van der Waals surface area contributed by atoms with Crippen molar-refractivity contribution in [3.63, 3.8) is 0 Å². The summed E-state index contributed by atoms with van der Waals surface area (Å²) in [6.07, 6.45) is 0. The van der Waals surface area contributed by atoms with Gasteiger partial charge in [-0.05, 0) is 24.3 Å². The third-order valence-corrected chi connectivity index (χ3v) is 4.94. The standard InChI is InChI=1S/C14H10O4S2.K.H/c15-13(16)9-5-1-3-7-11(9)19-20-12-8-4-2-6-10(12)14(17)18;;/h1-8H,(H,15,16)(H,17,18);;/q;+1;-1. The van der Waals surface area contributed by atoms with Gasteiger partial charge in [0.05, 0.1) is 11.1 Å². The molecule has 0 amide bonds. The van der Waals surface area contributed by atoms with Crippen LogP contribution in [-0.2, 0) is 0 Å². The maximum absolute atomic E-state index is 11.1. The van der Waals surface area contributed by atoms with Gasteiger partial charge in [0.25, 0.3) is 0 Å². The minimum Gasteiger partial charge on any atom is -1.00 e. The van der Waals surface area contributed by atoms with Crippen LogP contribution in [0.3, 0.4) is 0 Å². The summed E-state index contributed by atoms with van der Waals surface area (Å²) in [5, 5.41) is 18.2. The second-order valence-electron chi connectivity index (χ2n) is 3.77. The number of carbonyl (C=O) groups is 2. The molecule has 0 saturated heterocycles. The van der Waals surface area contributed by atoms with Gasteiger partial charge in [0.2, 0.25) is 0 Å². The molecule has 0 atom stereocenters. The normalized spacial score (nSPS) is 9.71. The molecule has 2 aromatic rings. The predicted molar refractivity (Wildman–Crippen MR) is 79.6 cm³/mol. The molecule has 0 aliphatic heterocycles. The fourth-order valence-electron chi connectivity index (χ4n) is 1.52. The van der Waals surface area contributed by atoms with E-state index < -0.39 is 11.9 Å². The molecule has 21 heavy (non-hydrogen) atoms. The first kappa shape index (κ1) is 18.8. The SMILES string of the molecule is O=C(O)c1ccccc1SSc1ccccc1C(=O)O.[H-].[K+]. The second-order valence-corrected chi connectivity index (χ2v) is 5.98. The van der Waals surface area contributed by atoms with Crippen LogP contribution in [0, 0.1) is 0 Å². The van der Waals surface area contributed by atoms with Crippen LogP contribution in [0.4, 0.5) is 0 Å². The molecule has 0 aliphatic carbocycles. The number of carboxylic acid groups (broad SMARTS) is 2. The Balaban J connectivity index is 0.00000220. The van der Waals surface area contributed by atoms with Crippen LogP contribution in [0.1, 0.15) is 22.1 Å². The van der Waals surface area contributed by atoms with E-state index >= 15 is 0 Å². The van der Waals surface area contributed by atoms with Crippen LogP contribution in [0.5, 0.6) is 0 Å². The van der Waals surface area contributed by atoms with Gasteiger partial charge in [-0.25, -0.2) is 9.59 Å². The van der Waals surface area contributed by atoms with Gasteiger partial charge in [0.15, 0.2) is 0 Å². The van der Waals surface area contributed by atoms with Crippen molar-refractivity contribution in [3.05, 3.63) is 59.7 Å². The van der Waals surface area contributed by atoms with Crippen LogP contribution in [-0.4, -0.2) is 22.2 Å². The molecule has 0 heterocycles. The van der Waals surface area contributed by atoms with E-state index in [4.69, 9.17) is 10.2 Å². The first-order chi connectivity index (χ1) is 9.59. The Bertz CT molecular complexity index is 609. The van der Waals surface area contributed by atoms with Crippen molar-refractivity contribution in [2.24, 2.45) is 0 Å². The molecular weight excluding hydrogens is 335 g/mol. The van der Waals surface area contributed by atoms with Gasteiger partial charge in [-0.1, -0.05) is 45.9 Å². The zero-order chi connectivity index (χ0) is 14.5. The van der Waals surface area contributed by atoms with Gasteiger partial charge in [-0.2, -0.15) is 0 Å². The average molecular weight is 346 g/mol. The van der Waals surface area contributed by atoms with Crippen LogP contribution in [0.25, 0.3) is 0 Å². The van der Waals surface area contributed by atoms with E-state index in [-0.39, 0.29) is 63.9 Å². The summed E-state index contributed by atoms with van der Waals surface area (Å²) in [5.74, 6) is -2.00. The predicted octanol–water partition coefficient (Wildman–Crippen LogP) is 0.999. The summed E-state index contributed by atoms with van der Waals surface area (Å²) in [7, 11) is 2.47. The zero-order valence-electron chi connectivity index (χ0n) is 12.1. The molecule has 0 bridgehead atoms. The van der Waals surface area contributed by atoms with Crippen LogP contribution >= 0.6 is 21.6 Å². The molecule has 2 rings (SSSR count). The molecule has 0 aromatic heterocycles. The summed E-state index contributed by atoms with van der Waals surface area (Å²) in [5.41, 5.74) is 0.413. The van der Waals surface area contributed by atoms with Gasteiger partial charge in [-0.15, -0.1) is 0 Å². The summed E-state index contributed by atoms with van der Waals surface area (Å²) >= 11 is 0. The first-order valence-corrected chi connectivity index (χ1v) is 7.73. The van der Waals surface area contributed by atoms with Gasteiger partial charge < -0.3 is 11.6 Å². The number of aromatic carboxylic acids is 2. The quantitative estimate of drug-likeness (QED) is 0.621. The average Bonchev–Trinajstić information content (AvgIpc) is 2.45. The number of benzene rings is 2. The Kier molecular flexibility index (Phi) is 8.03. The third kappa shape index (κ3) is 5.13. The van der Waals surface area contributed by atoms with Crippen molar-refractivity contribution in [1.82, 2.24) is 0 Å². The van der Waals surface area contributed by atoms with Gasteiger partial charge in [0, 0.05) is 9.79 Å². The minimum absolute atomic E-state index is 0. The fourth-order valence-corrected chi connectivity index (χ4v) is 3.87. The number of rotatable bonds is 5. The summed E-state index contributed by atoms with van der Waals surface area (Å²) in [6, 6.07) is 13.3. The number of hydrogen-bond donors (Lipinski definition) is 2. The fraction of sp³-hybridized carbons (Fsp3) is 0. The van der Waals surface area contributed by atoms with E-state index in [9.17, 15) is 9.59 Å². The molecule has 0 aliphatic rings. The second kappa shape index (κ2) is 8.99. The van der Waals surface area contributed by atoms with Gasteiger partial charge >= 0.3 is 63.3 Å². The number of hydrogen-bond acceptors (Lipinski definition) is 4. The van der Waals surface area contributed by atoms with E-state index in [0.29, 0.717) is 9.79 Å². The van der Waals surface area contributed by atoms with E-state index in [2.05, 4.69) is 0 Å². The van der Waals surface area contributed by atoms with Gasteiger partial charge in [0.1, 0.15) is 0 Å². The summed E-state index contributed by atoms with van der Waals surface area (Å²) in [4.78, 5) is 23.4. The maximum atomic E-state index is 11.1. The Morgan fingerprint density at radius 1 is 0.762 bits per heavy atom. The van der Waals surface area contributed by atoms with Crippen LogP contribution in [0.2, 0.25) is 0 Å². The molecule has 7 heteroatoms.